The van der Waals surface area contributed by atoms with Crippen molar-refractivity contribution in [2.75, 3.05) is 0 Å². The van der Waals surface area contributed by atoms with E-state index in [4.69, 9.17) is 4.55 Å². The van der Waals surface area contributed by atoms with E-state index < -0.39 is 20.8 Å². The van der Waals surface area contributed by atoms with Crippen LogP contribution in [0.25, 0.3) is 0 Å². The number of hydrogen-bond donors (Lipinski definition) is 1. The fourth-order valence-electron chi connectivity index (χ4n) is 0.105. The Labute approximate surface area is 51.2 Å². The van der Waals surface area contributed by atoms with E-state index in [1.807, 2.05) is 0 Å². The lowest BCUT2D eigenvalue weighted by Crippen LogP contribution is -2.10. The van der Waals surface area contributed by atoms with Gasteiger partial charge in [0.05, 0.1) is 0 Å². The van der Waals surface area contributed by atoms with Crippen molar-refractivity contribution in [1.82, 2.24) is 0 Å². The van der Waals surface area contributed by atoms with Crippen LogP contribution in [-0.2, 0) is 24.4 Å². The van der Waals surface area contributed by atoms with E-state index in [1.165, 1.54) is 0 Å². The monoisotopic (exact) mass is 177 g/mol. The molecule has 0 aliphatic heterocycles. The molecule has 0 spiro atoms. The summed E-state index contributed by atoms with van der Waals surface area (Å²) in [5.41, 5.74) is 0. The zero-order valence-electron chi connectivity index (χ0n) is 3.71. The van der Waals surface area contributed by atoms with Gasteiger partial charge in [0.15, 0.2) is 0 Å². The van der Waals surface area contributed by atoms with Gasteiger partial charge in [0.2, 0.25) is 10.4 Å². The van der Waals surface area contributed by atoms with Gasteiger partial charge in [-0.15, -0.1) is 3.63 Å². The number of rotatable bonds is 2. The van der Waals surface area contributed by atoms with Crippen LogP contribution in [0, 0.1) is 0 Å². The molecule has 0 aromatic heterocycles. The summed E-state index contributed by atoms with van der Waals surface area (Å²) in [5.74, 6) is 0. The molecule has 56 valence electrons. The Morgan fingerprint density at radius 3 is 1.56 bits per heavy atom. The smallest absolute Gasteiger partial charge is 0.411 e. The van der Waals surface area contributed by atoms with Gasteiger partial charge >= 0.3 is 10.4 Å². The van der Waals surface area contributed by atoms with Crippen molar-refractivity contribution in [2.24, 2.45) is 0 Å². The maximum atomic E-state index is 9.40. The summed E-state index contributed by atoms with van der Waals surface area (Å²) in [4.78, 5) is 0. The van der Waals surface area contributed by atoms with Crippen molar-refractivity contribution in [3.8, 4) is 0 Å². The van der Waals surface area contributed by atoms with Crippen molar-refractivity contribution in [1.29, 1.82) is 0 Å². The minimum Gasteiger partial charge on any atom is -0.725 e. The quantitative estimate of drug-likeness (QED) is 0.392. The molecule has 0 saturated heterocycles. The highest BCUT2D eigenvalue weighted by atomic mass is 32.3. The van der Waals surface area contributed by atoms with Crippen molar-refractivity contribution < 1.29 is 29.6 Å². The Morgan fingerprint density at radius 1 is 1.22 bits per heavy atom. The van der Waals surface area contributed by atoms with Crippen LogP contribution in [0.5, 0.6) is 0 Å². The molecule has 0 aliphatic carbocycles. The van der Waals surface area contributed by atoms with E-state index in [-0.39, 0.29) is 0 Å². The second-order valence-electron chi connectivity index (χ2n) is 0.904. The average molecular weight is 177 g/mol. The maximum absolute atomic E-state index is 9.40. The summed E-state index contributed by atoms with van der Waals surface area (Å²) in [6.07, 6.45) is 0. The molecule has 0 fully saturated rings. The largest absolute Gasteiger partial charge is 0.725 e. The van der Waals surface area contributed by atoms with Crippen LogP contribution < -0.4 is 0 Å². The third-order valence-corrected chi connectivity index (χ3v) is 1.52. The molecule has 0 aromatic rings. The Bertz CT molecular complexity index is 232. The Morgan fingerprint density at radius 2 is 1.56 bits per heavy atom. The molecule has 9 heavy (non-hydrogen) atoms. The molecule has 1 N–H and O–H groups in total. The second-order valence-corrected chi connectivity index (χ2v) is 3.12. The molecule has 0 atom stereocenters. The van der Waals surface area contributed by atoms with Crippen molar-refractivity contribution in [3.05, 3.63) is 0 Å². The topological polar surface area (TPSA) is 121 Å². The molecule has 0 unspecified atom stereocenters. The molecular formula is HO7S2-. The van der Waals surface area contributed by atoms with Gasteiger partial charge in [0, 0.05) is 0 Å². The van der Waals surface area contributed by atoms with Gasteiger partial charge in [-0.3, -0.25) is 4.55 Å². The summed E-state index contributed by atoms with van der Waals surface area (Å²) in [7, 11) is -10.6. The van der Waals surface area contributed by atoms with Gasteiger partial charge in [0.1, 0.15) is 0 Å². The van der Waals surface area contributed by atoms with Crippen LogP contribution in [0.4, 0.5) is 0 Å². The van der Waals surface area contributed by atoms with Gasteiger partial charge in [-0.2, -0.15) is 8.42 Å². The summed E-state index contributed by atoms with van der Waals surface area (Å²) in [6, 6.07) is 0. The van der Waals surface area contributed by atoms with Crippen LogP contribution in [0.1, 0.15) is 0 Å². The highest BCUT2D eigenvalue weighted by molar-refractivity contribution is 7.94. The summed E-state index contributed by atoms with van der Waals surface area (Å²) < 4.78 is 56.9. The molecule has 0 heterocycles. The standard InChI is InChI=1S/H2O7S2/c1-8(2,3)7-9(4,5)6/h(H,1,2,3)(H,4,5,6)/p-1. The van der Waals surface area contributed by atoms with Crippen molar-refractivity contribution in [2.45, 2.75) is 0 Å². The van der Waals surface area contributed by atoms with E-state index in [0.717, 1.165) is 0 Å². The molecule has 0 saturated carbocycles. The molecular weight excluding hydrogens is 176 g/mol. The second kappa shape index (κ2) is 2.19. The van der Waals surface area contributed by atoms with Gasteiger partial charge in [-0.25, -0.2) is 8.42 Å². The molecule has 0 radical (unpaired) electrons. The lowest BCUT2D eigenvalue weighted by Gasteiger charge is -2.01. The highest BCUT2D eigenvalue weighted by Gasteiger charge is 2.08. The van der Waals surface area contributed by atoms with E-state index in [0.29, 0.717) is 0 Å². The Balaban J connectivity index is 4.46. The average Bonchev–Trinajstić information content (AvgIpc) is 1.14. The first-order valence-electron chi connectivity index (χ1n) is 1.35. The molecule has 0 rings (SSSR count). The molecule has 7 nitrogen and oxygen atoms in total. The fourth-order valence-corrected chi connectivity index (χ4v) is 0.948. The van der Waals surface area contributed by atoms with Crippen LogP contribution in [-0.4, -0.2) is 25.9 Å². The molecule has 9 heteroatoms. The van der Waals surface area contributed by atoms with E-state index in [1.54, 1.807) is 0 Å². The van der Waals surface area contributed by atoms with E-state index >= 15 is 0 Å². The van der Waals surface area contributed by atoms with Crippen LogP contribution >= 0.6 is 0 Å². The summed E-state index contributed by atoms with van der Waals surface area (Å²) in [5, 5.41) is 0. The van der Waals surface area contributed by atoms with Gasteiger partial charge in [-0.1, -0.05) is 0 Å². The SMILES string of the molecule is O=S(=O)([O-])OS(=O)(=O)O. The molecule has 0 bridgehead atoms. The third-order valence-electron chi connectivity index (χ3n) is 0.169. The highest BCUT2D eigenvalue weighted by Crippen LogP contribution is 1.91. The lowest BCUT2D eigenvalue weighted by atomic mass is 15.8. The van der Waals surface area contributed by atoms with Crippen LogP contribution in [0.3, 0.4) is 0 Å². The number of hydrogen-bond acceptors (Lipinski definition) is 6. The van der Waals surface area contributed by atoms with Crippen molar-refractivity contribution >= 4 is 20.8 Å². The van der Waals surface area contributed by atoms with Crippen LogP contribution in [0.15, 0.2) is 0 Å². The Kier molecular flexibility index (Phi) is 2.14. The Hall–Kier alpha value is -0.220. The summed E-state index contributed by atoms with van der Waals surface area (Å²) in [6.45, 7) is 0. The van der Waals surface area contributed by atoms with E-state index in [2.05, 4.69) is 3.63 Å². The first kappa shape index (κ1) is 8.78. The normalized spacial score (nSPS) is 13.6. The van der Waals surface area contributed by atoms with Crippen LogP contribution in [0.2, 0.25) is 0 Å². The van der Waals surface area contributed by atoms with Gasteiger partial charge < -0.3 is 4.55 Å². The molecule has 0 amide bonds. The van der Waals surface area contributed by atoms with Crippen molar-refractivity contribution in [3.63, 3.8) is 0 Å². The summed E-state index contributed by atoms with van der Waals surface area (Å²) >= 11 is 0. The minimum atomic E-state index is -5.37. The zero-order valence-corrected chi connectivity index (χ0v) is 5.35. The van der Waals surface area contributed by atoms with Gasteiger partial charge in [0.25, 0.3) is 0 Å². The maximum Gasteiger partial charge on any atom is 0.411 e. The zero-order chi connectivity index (χ0) is 7.71. The molecule has 0 aromatic carbocycles. The first-order chi connectivity index (χ1) is 3.71. The predicted molar refractivity (Wildman–Crippen MR) is 22.3 cm³/mol. The predicted octanol–water partition coefficient (Wildman–Crippen LogP) is -1.73. The fraction of sp³-hybridized carbons (Fsp3) is 0. The van der Waals surface area contributed by atoms with E-state index in [9.17, 15) is 21.4 Å². The minimum absolute atomic E-state index is 2.57. The molecule has 0 aliphatic rings. The first-order valence-corrected chi connectivity index (χ1v) is 4.05. The lowest BCUT2D eigenvalue weighted by molar-refractivity contribution is 0.336. The van der Waals surface area contributed by atoms with Gasteiger partial charge in [-0.05, 0) is 0 Å². The third kappa shape index (κ3) is 7.78.